The Morgan fingerprint density at radius 2 is 2.00 bits per heavy atom. The van der Waals surface area contributed by atoms with Gasteiger partial charge in [0, 0.05) is 28.7 Å². The van der Waals surface area contributed by atoms with Crippen LogP contribution in [0.1, 0.15) is 12.0 Å². The van der Waals surface area contributed by atoms with Crippen LogP contribution in [0.4, 0.5) is 10.1 Å². The molecule has 0 bridgehead atoms. The highest BCUT2D eigenvalue weighted by Gasteiger charge is 2.14. The van der Waals surface area contributed by atoms with Crippen LogP contribution in [0.25, 0.3) is 0 Å². The van der Waals surface area contributed by atoms with Crippen molar-refractivity contribution in [3.63, 3.8) is 0 Å². The normalized spacial score (nSPS) is 13.6. The van der Waals surface area contributed by atoms with Gasteiger partial charge in [-0.15, -0.1) is 0 Å². The molecule has 21 heavy (non-hydrogen) atoms. The largest absolute Gasteiger partial charge is 0.490 e. The second-order valence-electron chi connectivity index (χ2n) is 4.77. The maximum Gasteiger partial charge on any atom is 0.166 e. The zero-order valence-corrected chi connectivity index (χ0v) is 13.0. The summed E-state index contributed by atoms with van der Waals surface area (Å²) in [6.45, 7) is 1.91. The number of halogens is 2. The van der Waals surface area contributed by atoms with Gasteiger partial charge in [0.1, 0.15) is 5.82 Å². The lowest BCUT2D eigenvalue weighted by atomic mass is 10.1. The van der Waals surface area contributed by atoms with Crippen molar-refractivity contribution >= 4 is 21.6 Å². The summed E-state index contributed by atoms with van der Waals surface area (Å²) in [6.07, 6.45) is 0.880. The van der Waals surface area contributed by atoms with Crippen LogP contribution < -0.4 is 14.8 Å². The summed E-state index contributed by atoms with van der Waals surface area (Å²) in [7, 11) is 0. The van der Waals surface area contributed by atoms with Gasteiger partial charge < -0.3 is 14.8 Å². The summed E-state index contributed by atoms with van der Waals surface area (Å²) in [6, 6.07) is 10.4. The van der Waals surface area contributed by atoms with Crippen molar-refractivity contribution in [1.29, 1.82) is 0 Å². The van der Waals surface area contributed by atoms with E-state index in [0.717, 1.165) is 29.2 Å². The van der Waals surface area contributed by atoms with Crippen molar-refractivity contribution in [3.8, 4) is 11.5 Å². The van der Waals surface area contributed by atoms with E-state index in [9.17, 15) is 4.39 Å². The number of benzene rings is 2. The molecule has 0 atom stereocenters. The Bertz CT molecular complexity index is 648. The second-order valence-corrected chi connectivity index (χ2v) is 5.63. The number of fused-ring (bicyclic) bond motifs is 1. The van der Waals surface area contributed by atoms with Gasteiger partial charge in [-0.2, -0.15) is 0 Å². The van der Waals surface area contributed by atoms with E-state index in [4.69, 9.17) is 9.47 Å². The van der Waals surface area contributed by atoms with E-state index in [-0.39, 0.29) is 5.82 Å². The quantitative estimate of drug-likeness (QED) is 0.890. The molecule has 1 aliphatic rings. The number of hydrogen-bond acceptors (Lipinski definition) is 3. The van der Waals surface area contributed by atoms with Crippen LogP contribution in [0.5, 0.6) is 11.5 Å². The molecule has 1 N–H and O–H groups in total. The fourth-order valence-electron chi connectivity index (χ4n) is 2.22. The molecular weight excluding hydrogens is 337 g/mol. The Labute approximate surface area is 131 Å². The van der Waals surface area contributed by atoms with Crippen molar-refractivity contribution in [2.45, 2.75) is 13.0 Å². The molecular formula is C16H15BrFNO2. The zero-order valence-electron chi connectivity index (χ0n) is 11.4. The average Bonchev–Trinajstić information content (AvgIpc) is 2.72. The van der Waals surface area contributed by atoms with E-state index in [2.05, 4.69) is 21.2 Å². The monoisotopic (exact) mass is 351 g/mol. The fourth-order valence-corrected chi connectivity index (χ4v) is 2.71. The zero-order chi connectivity index (χ0) is 14.7. The van der Waals surface area contributed by atoms with Gasteiger partial charge in [-0.05, 0) is 40.2 Å². The lowest BCUT2D eigenvalue weighted by Gasteiger charge is -2.14. The molecule has 0 amide bonds. The average molecular weight is 352 g/mol. The van der Waals surface area contributed by atoms with Gasteiger partial charge in [0.2, 0.25) is 0 Å². The molecule has 1 aliphatic heterocycles. The highest BCUT2D eigenvalue weighted by atomic mass is 79.9. The van der Waals surface area contributed by atoms with E-state index in [1.54, 1.807) is 6.07 Å². The van der Waals surface area contributed by atoms with Gasteiger partial charge in [0.05, 0.1) is 13.2 Å². The van der Waals surface area contributed by atoms with Gasteiger partial charge in [-0.3, -0.25) is 0 Å². The third kappa shape index (κ3) is 3.29. The van der Waals surface area contributed by atoms with Crippen LogP contribution in [-0.4, -0.2) is 13.2 Å². The molecule has 0 unspecified atom stereocenters. The third-order valence-corrected chi connectivity index (χ3v) is 3.91. The van der Waals surface area contributed by atoms with Crippen LogP contribution in [0.3, 0.4) is 0 Å². The summed E-state index contributed by atoms with van der Waals surface area (Å²) in [5.41, 5.74) is 1.86. The number of ether oxygens (including phenoxy) is 2. The molecule has 0 fully saturated rings. The first-order chi connectivity index (χ1) is 10.2. The summed E-state index contributed by atoms with van der Waals surface area (Å²) >= 11 is 3.35. The van der Waals surface area contributed by atoms with Crippen molar-refractivity contribution in [2.75, 3.05) is 18.5 Å². The van der Waals surface area contributed by atoms with E-state index in [1.165, 1.54) is 12.1 Å². The SMILES string of the molecule is Fc1ccc(NCc2cccc3c2OCCCO3)c(Br)c1. The third-order valence-electron chi connectivity index (χ3n) is 3.25. The van der Waals surface area contributed by atoms with Crippen LogP contribution in [0.2, 0.25) is 0 Å². The number of nitrogens with one attached hydrogen (secondary N) is 1. The summed E-state index contributed by atoms with van der Waals surface area (Å²) < 4.78 is 25.2. The summed E-state index contributed by atoms with van der Waals surface area (Å²) in [5.74, 6) is 1.31. The molecule has 0 aliphatic carbocycles. The van der Waals surface area contributed by atoms with Crippen molar-refractivity contribution in [2.24, 2.45) is 0 Å². The molecule has 0 saturated heterocycles. The number of rotatable bonds is 3. The van der Waals surface area contributed by atoms with Crippen LogP contribution >= 0.6 is 15.9 Å². The second kappa shape index (κ2) is 6.35. The molecule has 5 heteroatoms. The first kappa shape index (κ1) is 14.2. The van der Waals surface area contributed by atoms with Gasteiger partial charge >= 0.3 is 0 Å². The molecule has 2 aromatic rings. The van der Waals surface area contributed by atoms with Gasteiger partial charge in [0.25, 0.3) is 0 Å². The number of anilines is 1. The van der Waals surface area contributed by atoms with Crippen molar-refractivity contribution in [3.05, 3.63) is 52.3 Å². The van der Waals surface area contributed by atoms with Crippen LogP contribution in [0.15, 0.2) is 40.9 Å². The Morgan fingerprint density at radius 3 is 2.86 bits per heavy atom. The topological polar surface area (TPSA) is 30.5 Å². The summed E-state index contributed by atoms with van der Waals surface area (Å²) in [5, 5.41) is 3.28. The minimum absolute atomic E-state index is 0.266. The highest BCUT2D eigenvalue weighted by Crippen LogP contribution is 2.34. The Hall–Kier alpha value is -1.75. The molecule has 0 saturated carbocycles. The maximum absolute atomic E-state index is 13.1. The van der Waals surface area contributed by atoms with Crippen LogP contribution in [-0.2, 0) is 6.54 Å². The molecule has 110 valence electrons. The minimum atomic E-state index is -0.266. The molecule has 1 heterocycles. The smallest absolute Gasteiger partial charge is 0.166 e. The van der Waals surface area contributed by atoms with Gasteiger partial charge in [-0.25, -0.2) is 4.39 Å². The Kier molecular flexibility index (Phi) is 4.29. The van der Waals surface area contributed by atoms with Gasteiger partial charge in [0.15, 0.2) is 11.5 Å². The Balaban J connectivity index is 1.79. The minimum Gasteiger partial charge on any atom is -0.490 e. The summed E-state index contributed by atoms with van der Waals surface area (Å²) in [4.78, 5) is 0. The standard InChI is InChI=1S/C16H15BrFNO2/c17-13-9-12(18)5-6-14(13)19-10-11-3-1-4-15-16(11)21-8-2-7-20-15/h1,3-6,9,19H,2,7-8,10H2. The lowest BCUT2D eigenvalue weighted by molar-refractivity contribution is 0.296. The predicted molar refractivity (Wildman–Crippen MR) is 83.5 cm³/mol. The van der Waals surface area contributed by atoms with Crippen LogP contribution in [0, 0.1) is 5.82 Å². The van der Waals surface area contributed by atoms with E-state index in [1.807, 2.05) is 18.2 Å². The first-order valence-electron chi connectivity index (χ1n) is 6.80. The molecule has 0 radical (unpaired) electrons. The Morgan fingerprint density at radius 1 is 1.14 bits per heavy atom. The molecule has 2 aromatic carbocycles. The maximum atomic E-state index is 13.1. The predicted octanol–water partition coefficient (Wildman–Crippen LogP) is 4.36. The number of hydrogen-bond donors (Lipinski definition) is 1. The molecule has 3 rings (SSSR count). The van der Waals surface area contributed by atoms with E-state index >= 15 is 0 Å². The fraction of sp³-hybridized carbons (Fsp3) is 0.250. The van der Waals surface area contributed by atoms with Gasteiger partial charge in [-0.1, -0.05) is 12.1 Å². The number of para-hydroxylation sites is 1. The van der Waals surface area contributed by atoms with Crippen molar-refractivity contribution in [1.82, 2.24) is 0 Å². The van der Waals surface area contributed by atoms with Crippen molar-refractivity contribution < 1.29 is 13.9 Å². The molecule has 0 spiro atoms. The highest BCUT2D eigenvalue weighted by molar-refractivity contribution is 9.10. The van der Waals surface area contributed by atoms with E-state index < -0.39 is 0 Å². The first-order valence-corrected chi connectivity index (χ1v) is 7.60. The lowest BCUT2D eigenvalue weighted by Crippen LogP contribution is -2.04. The molecule has 3 nitrogen and oxygen atoms in total. The molecule has 0 aromatic heterocycles. The van der Waals surface area contributed by atoms with E-state index in [0.29, 0.717) is 24.2 Å².